The van der Waals surface area contributed by atoms with Crippen molar-refractivity contribution in [2.24, 2.45) is 0 Å². The predicted octanol–water partition coefficient (Wildman–Crippen LogP) is 26.3. The number of hydrogen-bond donors (Lipinski definition) is 0. The molecule has 0 saturated carbocycles. The Labute approximate surface area is 713 Å². The third-order valence-electron chi connectivity index (χ3n) is 22.8. The molecule has 12 aromatic carbocycles. The van der Waals surface area contributed by atoms with Crippen molar-refractivity contribution in [2.45, 2.75) is 0 Å². The molecule has 0 radical (unpaired) electrons. The van der Waals surface area contributed by atoms with Crippen LogP contribution in [0.3, 0.4) is 0 Å². The van der Waals surface area contributed by atoms with Crippen LogP contribution in [0.1, 0.15) is 0 Å². The van der Waals surface area contributed by atoms with Crippen LogP contribution in [0, 0.1) is 0 Å². The Hall–Kier alpha value is -17.1. The van der Waals surface area contributed by atoms with E-state index in [9.17, 15) is 0 Å². The molecular formula is C110H72N14. The van der Waals surface area contributed by atoms with Crippen molar-refractivity contribution in [1.29, 1.82) is 0 Å². The number of rotatable bonds is 13. The molecule has 24 rings (SSSR count). The minimum Gasteiger partial charge on any atom is -0.292 e. The van der Waals surface area contributed by atoms with Crippen molar-refractivity contribution in [3.63, 3.8) is 0 Å². The van der Waals surface area contributed by atoms with Gasteiger partial charge in [0, 0.05) is 113 Å². The summed E-state index contributed by atoms with van der Waals surface area (Å²) in [6.45, 7) is 0. The van der Waals surface area contributed by atoms with Crippen molar-refractivity contribution in [3.05, 3.63) is 437 Å². The van der Waals surface area contributed by atoms with Crippen LogP contribution in [-0.2, 0) is 0 Å². The maximum absolute atomic E-state index is 5.24. The number of imidazole rings is 4. The Morgan fingerprint density at radius 2 is 0.556 bits per heavy atom. The van der Waals surface area contributed by atoms with Gasteiger partial charge in [0.2, 0.25) is 0 Å². The lowest BCUT2D eigenvalue weighted by atomic mass is 10.00. The van der Waals surface area contributed by atoms with Crippen molar-refractivity contribution in [3.8, 4) is 141 Å². The zero-order valence-corrected chi connectivity index (χ0v) is 66.8. The first kappa shape index (κ1) is 73.3. The quantitative estimate of drug-likeness (QED) is 0.109. The fraction of sp³-hybridized carbons (Fsp3) is 0. The molecule has 0 spiro atoms. The molecule has 0 aliphatic carbocycles. The van der Waals surface area contributed by atoms with E-state index in [0.717, 1.165) is 207 Å². The second-order valence-corrected chi connectivity index (χ2v) is 30.3. The van der Waals surface area contributed by atoms with E-state index in [4.69, 9.17) is 44.9 Å². The smallest absolute Gasteiger partial charge is 0.160 e. The Kier molecular flexibility index (Phi) is 18.9. The highest BCUT2D eigenvalue weighted by Gasteiger charge is 2.24. The first-order valence-corrected chi connectivity index (χ1v) is 41.2. The molecule has 14 nitrogen and oxygen atoms in total. The number of benzene rings is 12. The molecule has 0 N–H and O–H groups in total. The van der Waals surface area contributed by atoms with Crippen LogP contribution in [0.5, 0.6) is 0 Å². The van der Waals surface area contributed by atoms with Gasteiger partial charge in [0.15, 0.2) is 5.82 Å². The van der Waals surface area contributed by atoms with E-state index in [1.54, 1.807) is 0 Å². The molecule has 0 amide bonds. The molecule has 12 aromatic heterocycles. The van der Waals surface area contributed by atoms with E-state index < -0.39 is 0 Å². The fourth-order valence-corrected chi connectivity index (χ4v) is 16.8. The summed E-state index contributed by atoms with van der Waals surface area (Å²) in [5, 5.41) is 4.35. The SMILES string of the molecule is c1ccc(-c2cc(-c3ccc(-c4cccc(-c5nc(-c6ccccc6)c6ccc7cccnc7n56)c4)cc3)nc(-c3ccccc3)n2)cc1.c1ccc(-c2nc(-c3ccc(-c4cccc5cccnc45)cc3)n3c2ccc2cccnc23)cc1.c1ccc(-c2nc(-c3ccc(-c4nc5ccccc5n4-c4ccccc4)cc3)n3c2ccc2cccnc23)cc1. The summed E-state index contributed by atoms with van der Waals surface area (Å²) in [6.07, 6.45) is 7.37. The number of pyridine rings is 7. The van der Waals surface area contributed by atoms with Gasteiger partial charge in [-0.1, -0.05) is 297 Å². The molecule has 0 aliphatic rings. The lowest BCUT2D eigenvalue weighted by molar-refractivity contribution is 1.10. The normalized spacial score (nSPS) is 11.4. The van der Waals surface area contributed by atoms with Gasteiger partial charge >= 0.3 is 0 Å². The zero-order chi connectivity index (χ0) is 82.2. The van der Waals surface area contributed by atoms with Crippen LogP contribution >= 0.6 is 0 Å². The van der Waals surface area contributed by atoms with Crippen LogP contribution < -0.4 is 0 Å². The van der Waals surface area contributed by atoms with Crippen LogP contribution in [0.25, 0.3) is 213 Å². The predicted molar refractivity (Wildman–Crippen MR) is 502 cm³/mol. The van der Waals surface area contributed by atoms with E-state index in [0.29, 0.717) is 5.82 Å². The van der Waals surface area contributed by atoms with E-state index in [-0.39, 0.29) is 0 Å². The van der Waals surface area contributed by atoms with E-state index in [2.05, 4.69) is 320 Å². The van der Waals surface area contributed by atoms with Gasteiger partial charge in [-0.05, 0) is 132 Å². The van der Waals surface area contributed by atoms with Gasteiger partial charge in [-0.15, -0.1) is 0 Å². The fourth-order valence-electron chi connectivity index (χ4n) is 16.8. The molecule has 0 saturated heterocycles. The molecule has 14 heteroatoms. The first-order chi connectivity index (χ1) is 61.5. The molecule has 24 aromatic rings. The third-order valence-corrected chi connectivity index (χ3v) is 22.8. The second kappa shape index (κ2) is 32.0. The van der Waals surface area contributed by atoms with Gasteiger partial charge < -0.3 is 0 Å². The minimum absolute atomic E-state index is 0.706. The first-order valence-electron chi connectivity index (χ1n) is 41.2. The number of para-hydroxylation sites is 4. The second-order valence-electron chi connectivity index (χ2n) is 30.3. The number of hydrogen-bond acceptors (Lipinski definition) is 10. The monoisotopic (exact) mass is 1590 g/mol. The molecule has 0 aliphatic heterocycles. The van der Waals surface area contributed by atoms with Crippen LogP contribution in [0.2, 0.25) is 0 Å². The molecule has 12 heterocycles. The van der Waals surface area contributed by atoms with Crippen molar-refractivity contribution < 1.29 is 0 Å². The Morgan fingerprint density at radius 1 is 0.194 bits per heavy atom. The summed E-state index contributed by atoms with van der Waals surface area (Å²) >= 11 is 0. The topological polar surface area (TPSA) is 147 Å². The maximum Gasteiger partial charge on any atom is 0.160 e. The number of fused-ring (bicyclic) bond motifs is 11. The molecule has 0 fully saturated rings. The summed E-state index contributed by atoms with van der Waals surface area (Å²) < 4.78 is 8.75. The molecule has 124 heavy (non-hydrogen) atoms. The van der Waals surface area contributed by atoms with E-state index in [1.165, 1.54) is 0 Å². The van der Waals surface area contributed by atoms with Gasteiger partial charge in [-0.3, -0.25) is 22.8 Å². The molecule has 0 atom stereocenters. The Bertz CT molecular complexity index is 8000. The Morgan fingerprint density at radius 3 is 1.06 bits per heavy atom. The summed E-state index contributed by atoms with van der Waals surface area (Å²) in [4.78, 5) is 49.4. The standard InChI is InChI=1S/C44H29N5.C35H23N5.C31H20N4/c1-4-12-31(13-5-1)38-29-39(47-42(46-38)34-16-8-3-9-17-34)32-23-21-30(22-24-32)36-18-10-19-37(28-36)44-48-41(33-14-6-2-7-15-33)40-26-25-35-20-11-27-45-43(35)49(40)44;1-3-10-24(11-4-1)32-31-22-21-25-12-9-23-36-33(25)40(31)35(38-32)27-19-17-26(18-20-27)34-37-29-15-7-8-16-30(29)39(34)28-13-5-2-6-14-28;1-2-7-23(8-3-1)29-27-18-17-24-11-6-20-33-30(24)35(27)31(34-29)25-15-13-21(14-16-25)26-12-4-9-22-10-5-19-32-28(22)26/h1-29H;1-23H;1-20H. The lowest BCUT2D eigenvalue weighted by Crippen LogP contribution is -1.97. The van der Waals surface area contributed by atoms with Gasteiger partial charge in [0.1, 0.15) is 40.2 Å². The average molecular weight is 1590 g/mol. The highest BCUT2D eigenvalue weighted by Crippen LogP contribution is 2.41. The Balaban J connectivity index is 0.000000112. The summed E-state index contributed by atoms with van der Waals surface area (Å²) in [5.41, 5.74) is 29.4. The summed E-state index contributed by atoms with van der Waals surface area (Å²) in [6, 6.07) is 142. The van der Waals surface area contributed by atoms with Gasteiger partial charge in [0.25, 0.3) is 0 Å². The maximum atomic E-state index is 5.24. The minimum atomic E-state index is 0.706. The average Bonchev–Trinajstić information content (AvgIpc) is 1.60. The van der Waals surface area contributed by atoms with Crippen LogP contribution in [-0.4, -0.2) is 67.6 Å². The summed E-state index contributed by atoms with van der Waals surface area (Å²) in [7, 11) is 0. The van der Waals surface area contributed by atoms with Gasteiger partial charge in [0.05, 0.1) is 61.6 Å². The largest absolute Gasteiger partial charge is 0.292 e. The van der Waals surface area contributed by atoms with Crippen molar-refractivity contribution >= 4 is 71.6 Å². The lowest BCUT2D eigenvalue weighted by Gasteiger charge is -2.10. The molecule has 0 bridgehead atoms. The van der Waals surface area contributed by atoms with Gasteiger partial charge in [-0.25, -0.2) is 44.9 Å². The molecular weight excluding hydrogens is 1520 g/mol. The number of aromatic nitrogens is 14. The highest BCUT2D eigenvalue weighted by atomic mass is 15.1. The van der Waals surface area contributed by atoms with Crippen molar-refractivity contribution in [1.82, 2.24) is 67.6 Å². The van der Waals surface area contributed by atoms with Crippen LogP contribution in [0.4, 0.5) is 0 Å². The zero-order valence-electron chi connectivity index (χ0n) is 66.8. The van der Waals surface area contributed by atoms with Gasteiger partial charge in [-0.2, -0.15) is 0 Å². The molecule has 0 unspecified atom stereocenters. The van der Waals surface area contributed by atoms with E-state index in [1.807, 2.05) is 140 Å². The number of nitrogens with zero attached hydrogens (tertiary/aromatic N) is 14. The third kappa shape index (κ3) is 13.8. The van der Waals surface area contributed by atoms with Crippen molar-refractivity contribution in [2.75, 3.05) is 0 Å². The van der Waals surface area contributed by atoms with Crippen LogP contribution in [0.15, 0.2) is 437 Å². The summed E-state index contributed by atoms with van der Waals surface area (Å²) in [5.74, 6) is 4.22. The highest BCUT2D eigenvalue weighted by molar-refractivity contribution is 5.96. The molecule has 582 valence electrons. The van der Waals surface area contributed by atoms with E-state index >= 15 is 0 Å².